The SMILES string of the molecule is FC1(C#Cc2ccccn2)CCN(c2ccccn2)C1. The molecule has 0 N–H and O–H groups in total. The summed E-state index contributed by atoms with van der Waals surface area (Å²) in [5.74, 6) is 6.34. The molecular weight excluding hydrogens is 253 g/mol. The molecule has 0 amide bonds. The van der Waals surface area contributed by atoms with E-state index in [0.717, 1.165) is 5.82 Å². The summed E-state index contributed by atoms with van der Waals surface area (Å²) >= 11 is 0. The maximum atomic E-state index is 14.7. The molecule has 20 heavy (non-hydrogen) atoms. The van der Waals surface area contributed by atoms with Crippen LogP contribution >= 0.6 is 0 Å². The van der Waals surface area contributed by atoms with Crippen molar-refractivity contribution in [1.82, 2.24) is 9.97 Å². The van der Waals surface area contributed by atoms with Crippen molar-refractivity contribution >= 4 is 5.82 Å². The molecule has 0 aliphatic carbocycles. The first-order valence-electron chi connectivity index (χ1n) is 6.54. The normalized spacial score (nSPS) is 21.4. The fourth-order valence-corrected chi connectivity index (χ4v) is 2.22. The lowest BCUT2D eigenvalue weighted by Crippen LogP contribution is -2.28. The van der Waals surface area contributed by atoms with Crippen LogP contribution in [0.1, 0.15) is 12.1 Å². The maximum Gasteiger partial charge on any atom is 0.190 e. The van der Waals surface area contributed by atoms with E-state index in [-0.39, 0.29) is 6.54 Å². The van der Waals surface area contributed by atoms with Crippen molar-refractivity contribution in [2.24, 2.45) is 0 Å². The Morgan fingerprint density at radius 1 is 1.10 bits per heavy atom. The van der Waals surface area contributed by atoms with Gasteiger partial charge in [0.25, 0.3) is 0 Å². The lowest BCUT2D eigenvalue weighted by molar-refractivity contribution is 0.274. The van der Waals surface area contributed by atoms with Crippen LogP contribution in [0.5, 0.6) is 0 Å². The van der Waals surface area contributed by atoms with E-state index in [1.807, 2.05) is 35.2 Å². The quantitative estimate of drug-likeness (QED) is 0.743. The number of halogens is 1. The standard InChI is InChI=1S/C16H14FN3/c17-16(8-7-14-5-1-3-10-18-14)9-12-20(13-16)15-6-2-4-11-19-15/h1-6,10-11H,9,12-13H2. The number of hydrogen-bond acceptors (Lipinski definition) is 3. The number of aromatic nitrogens is 2. The average molecular weight is 267 g/mol. The monoisotopic (exact) mass is 267 g/mol. The predicted octanol–water partition coefficient (Wildman–Crippen LogP) is 2.45. The van der Waals surface area contributed by atoms with Gasteiger partial charge in [0.05, 0.1) is 6.54 Å². The highest BCUT2D eigenvalue weighted by Gasteiger charge is 2.37. The molecule has 2 aromatic heterocycles. The molecule has 0 radical (unpaired) electrons. The van der Waals surface area contributed by atoms with Crippen LogP contribution in [0.2, 0.25) is 0 Å². The minimum atomic E-state index is -1.49. The van der Waals surface area contributed by atoms with Crippen molar-refractivity contribution in [3.05, 3.63) is 54.5 Å². The highest BCUT2D eigenvalue weighted by molar-refractivity contribution is 5.43. The van der Waals surface area contributed by atoms with Crippen LogP contribution in [0.3, 0.4) is 0 Å². The van der Waals surface area contributed by atoms with Crippen LogP contribution in [-0.4, -0.2) is 28.7 Å². The minimum absolute atomic E-state index is 0.254. The molecule has 3 heterocycles. The third kappa shape index (κ3) is 2.77. The van der Waals surface area contributed by atoms with E-state index in [1.165, 1.54) is 0 Å². The van der Waals surface area contributed by atoms with Crippen LogP contribution in [0.4, 0.5) is 10.2 Å². The number of nitrogens with zero attached hydrogens (tertiary/aromatic N) is 3. The van der Waals surface area contributed by atoms with Crippen molar-refractivity contribution in [1.29, 1.82) is 0 Å². The van der Waals surface area contributed by atoms with Gasteiger partial charge in [-0.15, -0.1) is 0 Å². The molecule has 1 aliphatic rings. The molecule has 1 aliphatic heterocycles. The second-order valence-corrected chi connectivity index (χ2v) is 4.79. The van der Waals surface area contributed by atoms with Crippen LogP contribution in [-0.2, 0) is 0 Å². The molecule has 0 bridgehead atoms. The van der Waals surface area contributed by atoms with Gasteiger partial charge in [0.15, 0.2) is 5.67 Å². The van der Waals surface area contributed by atoms with E-state index in [1.54, 1.807) is 18.5 Å². The van der Waals surface area contributed by atoms with Gasteiger partial charge < -0.3 is 4.90 Å². The number of rotatable bonds is 1. The molecular formula is C16H14FN3. The third-order valence-corrected chi connectivity index (χ3v) is 3.27. The zero-order valence-electron chi connectivity index (χ0n) is 11.0. The van der Waals surface area contributed by atoms with Gasteiger partial charge in [-0.2, -0.15) is 0 Å². The Balaban J connectivity index is 1.74. The fraction of sp³-hybridized carbons (Fsp3) is 0.250. The van der Waals surface area contributed by atoms with Gasteiger partial charge >= 0.3 is 0 Å². The number of anilines is 1. The summed E-state index contributed by atoms with van der Waals surface area (Å²) in [6, 6.07) is 11.1. The lowest BCUT2D eigenvalue weighted by atomic mass is 10.1. The second-order valence-electron chi connectivity index (χ2n) is 4.79. The number of alkyl halides is 1. The summed E-state index contributed by atoms with van der Waals surface area (Å²) in [5, 5.41) is 0. The molecule has 4 heteroatoms. The first kappa shape index (κ1) is 12.6. The van der Waals surface area contributed by atoms with Gasteiger partial charge in [0, 0.05) is 25.4 Å². The summed E-state index contributed by atoms with van der Waals surface area (Å²) in [6.45, 7) is 0.883. The molecule has 1 fully saturated rings. The van der Waals surface area contributed by atoms with E-state index >= 15 is 0 Å². The van der Waals surface area contributed by atoms with Crippen LogP contribution in [0.15, 0.2) is 48.8 Å². The Morgan fingerprint density at radius 3 is 2.60 bits per heavy atom. The van der Waals surface area contributed by atoms with Crippen molar-refractivity contribution in [2.75, 3.05) is 18.0 Å². The van der Waals surface area contributed by atoms with Gasteiger partial charge in [-0.1, -0.05) is 18.1 Å². The Labute approximate surface area is 117 Å². The Kier molecular flexibility index (Phi) is 3.34. The van der Waals surface area contributed by atoms with Gasteiger partial charge in [-0.25, -0.2) is 14.4 Å². The van der Waals surface area contributed by atoms with Crippen molar-refractivity contribution in [2.45, 2.75) is 12.1 Å². The smallest absolute Gasteiger partial charge is 0.190 e. The summed E-state index contributed by atoms with van der Waals surface area (Å²) in [6.07, 6.45) is 3.76. The van der Waals surface area contributed by atoms with Crippen LogP contribution < -0.4 is 4.90 Å². The second kappa shape index (κ2) is 5.30. The maximum absolute atomic E-state index is 14.7. The van der Waals surface area contributed by atoms with Gasteiger partial charge in [0.2, 0.25) is 0 Å². The average Bonchev–Trinajstić information content (AvgIpc) is 2.90. The summed E-state index contributed by atoms with van der Waals surface area (Å²) in [7, 11) is 0. The molecule has 1 saturated heterocycles. The molecule has 0 saturated carbocycles. The van der Waals surface area contributed by atoms with Crippen LogP contribution in [0, 0.1) is 11.8 Å². The topological polar surface area (TPSA) is 29.0 Å². The van der Waals surface area contributed by atoms with Gasteiger partial charge in [0.1, 0.15) is 11.5 Å². The van der Waals surface area contributed by atoms with Gasteiger partial charge in [-0.05, 0) is 30.2 Å². The molecule has 3 rings (SSSR count). The molecule has 0 spiro atoms. The Hall–Kier alpha value is -2.41. The van der Waals surface area contributed by atoms with E-state index in [2.05, 4.69) is 21.8 Å². The molecule has 0 aromatic carbocycles. The minimum Gasteiger partial charge on any atom is -0.352 e. The van der Waals surface area contributed by atoms with E-state index in [0.29, 0.717) is 18.7 Å². The Morgan fingerprint density at radius 2 is 1.90 bits per heavy atom. The fourth-order valence-electron chi connectivity index (χ4n) is 2.22. The molecule has 2 aromatic rings. The van der Waals surface area contributed by atoms with Crippen LogP contribution in [0.25, 0.3) is 0 Å². The van der Waals surface area contributed by atoms with E-state index < -0.39 is 5.67 Å². The first-order chi connectivity index (χ1) is 9.75. The highest BCUT2D eigenvalue weighted by Crippen LogP contribution is 2.28. The summed E-state index contributed by atoms with van der Waals surface area (Å²) < 4.78 is 14.7. The zero-order valence-corrected chi connectivity index (χ0v) is 11.0. The number of pyridine rings is 2. The molecule has 1 unspecified atom stereocenters. The Bertz CT molecular complexity index is 633. The van der Waals surface area contributed by atoms with E-state index in [4.69, 9.17) is 0 Å². The third-order valence-electron chi connectivity index (χ3n) is 3.27. The zero-order chi connectivity index (χ0) is 13.8. The largest absolute Gasteiger partial charge is 0.352 e. The predicted molar refractivity (Wildman–Crippen MR) is 76.0 cm³/mol. The molecule has 3 nitrogen and oxygen atoms in total. The van der Waals surface area contributed by atoms with Gasteiger partial charge in [-0.3, -0.25) is 0 Å². The summed E-state index contributed by atoms with van der Waals surface area (Å²) in [4.78, 5) is 10.2. The molecule has 100 valence electrons. The van der Waals surface area contributed by atoms with E-state index in [9.17, 15) is 4.39 Å². The first-order valence-corrected chi connectivity index (χ1v) is 6.54. The van der Waals surface area contributed by atoms with Crippen molar-refractivity contribution in [3.8, 4) is 11.8 Å². The number of hydrogen-bond donors (Lipinski definition) is 0. The summed E-state index contributed by atoms with van der Waals surface area (Å²) in [5.41, 5.74) is -0.893. The highest BCUT2D eigenvalue weighted by atomic mass is 19.1. The van der Waals surface area contributed by atoms with Crippen molar-refractivity contribution < 1.29 is 4.39 Å². The lowest BCUT2D eigenvalue weighted by Gasteiger charge is -2.17. The van der Waals surface area contributed by atoms with Crippen molar-refractivity contribution in [3.63, 3.8) is 0 Å². The molecule has 1 atom stereocenters.